The van der Waals surface area contributed by atoms with E-state index in [0.29, 0.717) is 12.8 Å². The topological polar surface area (TPSA) is 58.9 Å². The Kier molecular flexibility index (Phi) is 3.47. The van der Waals surface area contributed by atoms with Gasteiger partial charge in [0.05, 0.1) is 11.6 Å². The lowest BCUT2D eigenvalue weighted by molar-refractivity contribution is -0.145. The molecule has 1 aliphatic heterocycles. The van der Waals surface area contributed by atoms with Gasteiger partial charge >= 0.3 is 5.97 Å². The predicted octanol–water partition coefficient (Wildman–Crippen LogP) is 3.22. The molecule has 1 heterocycles. The molecule has 1 saturated carbocycles. The molecule has 0 bridgehead atoms. The highest BCUT2D eigenvalue weighted by atomic mass is 16.7. The predicted molar refractivity (Wildman–Crippen MR) is 76.4 cm³/mol. The van der Waals surface area contributed by atoms with E-state index in [4.69, 9.17) is 9.94 Å². The van der Waals surface area contributed by atoms with Gasteiger partial charge in [0.1, 0.15) is 5.60 Å². The molecule has 106 valence electrons. The Labute approximate surface area is 118 Å². The zero-order valence-electron chi connectivity index (χ0n) is 11.4. The van der Waals surface area contributed by atoms with E-state index in [1.54, 1.807) is 0 Å². The summed E-state index contributed by atoms with van der Waals surface area (Å²) in [6, 6.07) is 0. The highest BCUT2D eigenvalue weighted by Crippen LogP contribution is 2.41. The molecule has 3 rings (SSSR count). The summed E-state index contributed by atoms with van der Waals surface area (Å²) in [5.74, 6) is -0.897. The fraction of sp³-hybridized carbons (Fsp3) is 0.500. The maximum Gasteiger partial charge on any atom is 0.306 e. The van der Waals surface area contributed by atoms with Crippen molar-refractivity contribution in [2.75, 3.05) is 0 Å². The molecule has 0 amide bonds. The average molecular weight is 273 g/mol. The van der Waals surface area contributed by atoms with Crippen LogP contribution in [0.15, 0.2) is 41.1 Å². The first kappa shape index (κ1) is 13.2. The maximum absolute atomic E-state index is 11.0. The molecular formula is C16H19NO3. The molecule has 0 saturated heterocycles. The quantitative estimate of drug-likeness (QED) is 0.840. The molecule has 2 aliphatic carbocycles. The largest absolute Gasteiger partial charge is 0.481 e. The van der Waals surface area contributed by atoms with E-state index in [1.807, 2.05) is 6.08 Å². The molecule has 20 heavy (non-hydrogen) atoms. The molecule has 1 spiro atoms. The highest BCUT2D eigenvalue weighted by molar-refractivity contribution is 6.03. The van der Waals surface area contributed by atoms with Crippen molar-refractivity contribution in [3.8, 4) is 0 Å². The third kappa shape index (κ3) is 2.55. The van der Waals surface area contributed by atoms with Crippen LogP contribution >= 0.6 is 0 Å². The fourth-order valence-electron chi connectivity index (χ4n) is 3.11. The second kappa shape index (κ2) is 5.27. The van der Waals surface area contributed by atoms with Crippen LogP contribution in [0.2, 0.25) is 0 Å². The molecule has 3 aliphatic rings. The summed E-state index contributed by atoms with van der Waals surface area (Å²) < 4.78 is 0. The van der Waals surface area contributed by atoms with Gasteiger partial charge in [-0.15, -0.1) is 0 Å². The summed E-state index contributed by atoms with van der Waals surface area (Å²) >= 11 is 0. The Hall–Kier alpha value is -1.84. The standard InChI is InChI=1S/C16H19NO3/c18-15(19)13-7-9-16(10-8-13)11-14(17-20-16)12-5-3-1-2-4-6-12/h1,3-6,13H,2,7-11H2,(H,18,19). The summed E-state index contributed by atoms with van der Waals surface area (Å²) in [4.78, 5) is 16.7. The number of hydrogen-bond donors (Lipinski definition) is 1. The Balaban J connectivity index is 1.66. The van der Waals surface area contributed by atoms with Gasteiger partial charge in [0.2, 0.25) is 0 Å². The number of rotatable bonds is 2. The first-order chi connectivity index (χ1) is 9.69. The molecule has 1 N–H and O–H groups in total. The van der Waals surface area contributed by atoms with E-state index < -0.39 is 5.97 Å². The van der Waals surface area contributed by atoms with Crippen LogP contribution in [0.3, 0.4) is 0 Å². The van der Waals surface area contributed by atoms with Crippen molar-refractivity contribution in [1.82, 2.24) is 0 Å². The number of allylic oxidation sites excluding steroid dienone is 6. The van der Waals surface area contributed by atoms with Crippen molar-refractivity contribution < 1.29 is 14.7 Å². The van der Waals surface area contributed by atoms with Crippen LogP contribution in [0.1, 0.15) is 38.5 Å². The van der Waals surface area contributed by atoms with E-state index >= 15 is 0 Å². The van der Waals surface area contributed by atoms with Gasteiger partial charge in [0.25, 0.3) is 0 Å². The SMILES string of the molecule is O=C(O)C1CCC2(CC1)CC(C1=CC=CCC=C1)=NO2. The van der Waals surface area contributed by atoms with E-state index in [-0.39, 0.29) is 11.5 Å². The van der Waals surface area contributed by atoms with Gasteiger partial charge in [-0.3, -0.25) is 4.79 Å². The minimum Gasteiger partial charge on any atom is -0.481 e. The van der Waals surface area contributed by atoms with Gasteiger partial charge in [-0.2, -0.15) is 0 Å². The van der Waals surface area contributed by atoms with Crippen LogP contribution in [0.5, 0.6) is 0 Å². The van der Waals surface area contributed by atoms with Crippen molar-refractivity contribution in [2.24, 2.45) is 11.1 Å². The van der Waals surface area contributed by atoms with E-state index in [9.17, 15) is 4.79 Å². The second-order valence-corrected chi connectivity index (χ2v) is 5.79. The minimum atomic E-state index is -0.682. The zero-order valence-corrected chi connectivity index (χ0v) is 11.4. The lowest BCUT2D eigenvalue weighted by atomic mass is 9.76. The van der Waals surface area contributed by atoms with Crippen LogP contribution in [0.25, 0.3) is 0 Å². The molecule has 0 radical (unpaired) electrons. The first-order valence-corrected chi connectivity index (χ1v) is 7.20. The van der Waals surface area contributed by atoms with Gasteiger partial charge in [0, 0.05) is 6.42 Å². The molecule has 1 fully saturated rings. The number of carboxylic acids is 1. The van der Waals surface area contributed by atoms with Crippen LogP contribution in [-0.4, -0.2) is 22.4 Å². The molecule has 0 aromatic carbocycles. The van der Waals surface area contributed by atoms with Crippen LogP contribution in [-0.2, 0) is 9.63 Å². The number of oxime groups is 1. The van der Waals surface area contributed by atoms with Gasteiger partial charge in [-0.1, -0.05) is 35.5 Å². The van der Waals surface area contributed by atoms with Crippen molar-refractivity contribution in [3.05, 3.63) is 36.0 Å². The zero-order chi connectivity index (χ0) is 14.0. The fourth-order valence-corrected chi connectivity index (χ4v) is 3.11. The molecular weight excluding hydrogens is 254 g/mol. The number of carboxylic acid groups (broad SMARTS) is 1. The molecule has 4 nitrogen and oxygen atoms in total. The summed E-state index contributed by atoms with van der Waals surface area (Å²) in [5, 5.41) is 13.3. The van der Waals surface area contributed by atoms with E-state index in [2.05, 4.69) is 29.5 Å². The van der Waals surface area contributed by atoms with Crippen LogP contribution in [0.4, 0.5) is 0 Å². The number of nitrogens with zero attached hydrogens (tertiary/aromatic N) is 1. The normalized spacial score (nSPS) is 32.5. The maximum atomic E-state index is 11.0. The highest BCUT2D eigenvalue weighted by Gasteiger charge is 2.44. The van der Waals surface area contributed by atoms with Gasteiger partial charge < -0.3 is 9.94 Å². The summed E-state index contributed by atoms with van der Waals surface area (Å²) in [5.41, 5.74) is 1.84. The van der Waals surface area contributed by atoms with Crippen molar-refractivity contribution in [2.45, 2.75) is 44.1 Å². The van der Waals surface area contributed by atoms with E-state index in [0.717, 1.165) is 37.0 Å². The summed E-state index contributed by atoms with van der Waals surface area (Å²) in [6.45, 7) is 0. The van der Waals surface area contributed by atoms with Crippen LogP contribution in [0, 0.1) is 5.92 Å². The Bertz CT molecular complexity index is 520. The van der Waals surface area contributed by atoms with Gasteiger partial charge in [-0.05, 0) is 37.7 Å². The molecule has 4 heteroatoms. The van der Waals surface area contributed by atoms with Crippen molar-refractivity contribution >= 4 is 11.7 Å². The molecule has 0 unspecified atom stereocenters. The summed E-state index contributed by atoms with van der Waals surface area (Å²) in [6.07, 6.45) is 15.1. The number of hydrogen-bond acceptors (Lipinski definition) is 3. The summed E-state index contributed by atoms with van der Waals surface area (Å²) in [7, 11) is 0. The van der Waals surface area contributed by atoms with E-state index in [1.165, 1.54) is 0 Å². The third-order valence-electron chi connectivity index (χ3n) is 4.40. The Morgan fingerprint density at radius 2 is 2.15 bits per heavy atom. The lowest BCUT2D eigenvalue weighted by Gasteiger charge is -2.33. The Morgan fingerprint density at radius 3 is 2.90 bits per heavy atom. The van der Waals surface area contributed by atoms with Crippen LogP contribution < -0.4 is 0 Å². The third-order valence-corrected chi connectivity index (χ3v) is 4.40. The minimum absolute atomic E-state index is 0.215. The second-order valence-electron chi connectivity index (χ2n) is 5.79. The lowest BCUT2D eigenvalue weighted by Crippen LogP contribution is -2.36. The van der Waals surface area contributed by atoms with Crippen molar-refractivity contribution in [1.29, 1.82) is 0 Å². The molecule has 0 aromatic heterocycles. The molecule has 0 aromatic rings. The average Bonchev–Trinajstić information content (AvgIpc) is 2.68. The van der Waals surface area contributed by atoms with Gasteiger partial charge in [0.15, 0.2) is 0 Å². The number of aliphatic carboxylic acids is 1. The molecule has 0 atom stereocenters. The Morgan fingerprint density at radius 1 is 1.35 bits per heavy atom. The smallest absolute Gasteiger partial charge is 0.306 e. The first-order valence-electron chi connectivity index (χ1n) is 7.20. The van der Waals surface area contributed by atoms with Gasteiger partial charge in [-0.25, -0.2) is 0 Å². The number of carbonyl (C=O) groups is 1. The monoisotopic (exact) mass is 273 g/mol. The van der Waals surface area contributed by atoms with Crippen molar-refractivity contribution in [3.63, 3.8) is 0 Å².